The molecule has 144 valence electrons. The molecule has 27 heavy (non-hydrogen) atoms. The van der Waals surface area contributed by atoms with Crippen LogP contribution in [0.2, 0.25) is 0 Å². The first-order valence-electron chi connectivity index (χ1n) is 10.2. The molecule has 1 amide bonds. The van der Waals surface area contributed by atoms with Gasteiger partial charge in [-0.3, -0.25) is 4.79 Å². The van der Waals surface area contributed by atoms with Crippen LogP contribution in [0.3, 0.4) is 0 Å². The molecule has 2 N–H and O–H groups in total. The molecule has 2 aliphatic heterocycles. The molecule has 2 unspecified atom stereocenters. The summed E-state index contributed by atoms with van der Waals surface area (Å²) in [6, 6.07) is 4.67. The van der Waals surface area contributed by atoms with Gasteiger partial charge in [-0.25, -0.2) is 4.98 Å². The van der Waals surface area contributed by atoms with Gasteiger partial charge in [-0.15, -0.1) is 0 Å². The minimum atomic E-state index is 0.296. The highest BCUT2D eigenvalue weighted by Crippen LogP contribution is 2.36. The molecule has 0 aromatic carbocycles. The summed E-state index contributed by atoms with van der Waals surface area (Å²) < 4.78 is 5.87. The molecule has 7 heteroatoms. The monoisotopic (exact) mass is 369 g/mol. The number of hydrogen-bond acceptors (Lipinski definition) is 6. The van der Waals surface area contributed by atoms with Crippen molar-refractivity contribution in [2.24, 2.45) is 23.5 Å². The molecule has 4 atom stereocenters. The van der Waals surface area contributed by atoms with Crippen molar-refractivity contribution in [3.8, 4) is 0 Å². The van der Waals surface area contributed by atoms with Gasteiger partial charge in [0, 0.05) is 44.8 Å². The second-order valence-corrected chi connectivity index (χ2v) is 8.45. The van der Waals surface area contributed by atoms with Crippen LogP contribution in [0.25, 0.3) is 11.2 Å². The predicted octanol–water partition coefficient (Wildman–Crippen LogP) is 2.02. The van der Waals surface area contributed by atoms with Crippen molar-refractivity contribution in [2.45, 2.75) is 38.1 Å². The van der Waals surface area contributed by atoms with E-state index in [-0.39, 0.29) is 0 Å². The molecule has 4 heterocycles. The van der Waals surface area contributed by atoms with Crippen molar-refractivity contribution in [2.75, 3.05) is 31.1 Å². The number of carbonyl (C=O) groups is 1. The average molecular weight is 369 g/mol. The number of fused-ring (bicyclic) bond motifs is 3. The third kappa shape index (κ3) is 3.18. The van der Waals surface area contributed by atoms with E-state index in [0.29, 0.717) is 53.4 Å². The summed E-state index contributed by atoms with van der Waals surface area (Å²) in [5, 5.41) is 0. The van der Waals surface area contributed by atoms with Crippen molar-refractivity contribution in [3.63, 3.8) is 0 Å². The number of likely N-dealkylation sites (tertiary alicyclic amines) is 1. The fourth-order valence-corrected chi connectivity index (χ4v) is 5.14. The minimum absolute atomic E-state index is 0.296. The first kappa shape index (κ1) is 17.0. The van der Waals surface area contributed by atoms with Gasteiger partial charge in [0.1, 0.15) is 0 Å². The zero-order valence-corrected chi connectivity index (χ0v) is 15.6. The Morgan fingerprint density at radius 1 is 1.22 bits per heavy atom. The Bertz CT molecular complexity index is 790. The largest absolute Gasteiger partial charge is 0.422 e. The summed E-state index contributed by atoms with van der Waals surface area (Å²) in [6.45, 7) is 3.44. The van der Waals surface area contributed by atoms with Gasteiger partial charge < -0.3 is 20.0 Å². The molecule has 2 bridgehead atoms. The Morgan fingerprint density at radius 2 is 2.04 bits per heavy atom. The third-order valence-corrected chi connectivity index (χ3v) is 6.67. The quantitative estimate of drug-likeness (QED) is 0.890. The summed E-state index contributed by atoms with van der Waals surface area (Å²) in [7, 11) is 0. The van der Waals surface area contributed by atoms with Crippen LogP contribution in [0.1, 0.15) is 32.1 Å². The number of piperidine rings is 2. The van der Waals surface area contributed by atoms with E-state index in [1.807, 2.05) is 12.1 Å². The lowest BCUT2D eigenvalue weighted by molar-refractivity contribution is -0.134. The number of oxazole rings is 1. The van der Waals surface area contributed by atoms with Gasteiger partial charge in [0.05, 0.1) is 0 Å². The molecule has 1 saturated carbocycles. The maximum absolute atomic E-state index is 12.9. The number of rotatable bonds is 3. The molecule has 5 rings (SSSR count). The molecular weight excluding hydrogens is 342 g/mol. The SMILES string of the molecule is NC1[C@@H]2CC[C@H]1CN(C(=O)CC1CCCN(c3nc4ncccc4o3)C1)C2. The van der Waals surface area contributed by atoms with Gasteiger partial charge in [0.25, 0.3) is 6.01 Å². The molecular formula is C20H27N5O2. The molecule has 3 fully saturated rings. The molecule has 3 aliphatic rings. The van der Waals surface area contributed by atoms with Crippen molar-refractivity contribution in [3.05, 3.63) is 18.3 Å². The molecule has 2 aromatic heterocycles. The van der Waals surface area contributed by atoms with Crippen molar-refractivity contribution >= 4 is 23.2 Å². The normalized spacial score (nSPS) is 30.9. The zero-order chi connectivity index (χ0) is 18.4. The Labute approximate surface area is 158 Å². The van der Waals surface area contributed by atoms with Crippen LogP contribution in [0, 0.1) is 17.8 Å². The zero-order valence-electron chi connectivity index (χ0n) is 15.6. The molecule has 0 radical (unpaired) electrons. The van der Waals surface area contributed by atoms with Gasteiger partial charge >= 0.3 is 0 Å². The molecule has 0 spiro atoms. The number of anilines is 1. The maximum Gasteiger partial charge on any atom is 0.299 e. The van der Waals surface area contributed by atoms with Gasteiger partial charge in [-0.2, -0.15) is 4.98 Å². The van der Waals surface area contributed by atoms with E-state index in [9.17, 15) is 4.79 Å². The lowest BCUT2D eigenvalue weighted by Crippen LogP contribution is -2.51. The van der Waals surface area contributed by atoms with E-state index in [0.717, 1.165) is 39.0 Å². The Kier molecular flexibility index (Phi) is 4.27. The van der Waals surface area contributed by atoms with E-state index < -0.39 is 0 Å². The second kappa shape index (κ2) is 6.78. The molecule has 1 aliphatic carbocycles. The number of amides is 1. The van der Waals surface area contributed by atoms with Crippen LogP contribution in [-0.4, -0.2) is 53.0 Å². The van der Waals surface area contributed by atoms with E-state index in [1.165, 1.54) is 12.8 Å². The molecule has 2 saturated heterocycles. The third-order valence-electron chi connectivity index (χ3n) is 6.67. The summed E-state index contributed by atoms with van der Waals surface area (Å²) in [4.78, 5) is 25.9. The standard InChI is InChI=1S/C20H27N5O2/c21-18-14-5-6-15(18)12-25(11-14)17(26)9-13-3-2-8-24(10-13)20-23-19-16(27-20)4-1-7-22-19/h1,4,7,13-15,18H,2-3,5-6,8-12,21H2/t13?,14-,15+,18?. The number of nitrogens with two attached hydrogens (primary N) is 1. The summed E-state index contributed by atoms with van der Waals surface area (Å²) in [6.07, 6.45) is 6.84. The van der Waals surface area contributed by atoms with Gasteiger partial charge in [0.15, 0.2) is 5.58 Å². The van der Waals surface area contributed by atoms with E-state index in [4.69, 9.17) is 10.2 Å². The summed E-state index contributed by atoms with van der Waals surface area (Å²) in [5.41, 5.74) is 7.64. The molecule has 7 nitrogen and oxygen atoms in total. The van der Waals surface area contributed by atoms with Crippen LogP contribution >= 0.6 is 0 Å². The van der Waals surface area contributed by atoms with Crippen molar-refractivity contribution in [1.29, 1.82) is 0 Å². The lowest BCUT2D eigenvalue weighted by Gasteiger charge is -2.38. The highest BCUT2D eigenvalue weighted by atomic mass is 16.4. The Hall–Kier alpha value is -2.15. The number of hydrogen-bond donors (Lipinski definition) is 1. The fourth-order valence-electron chi connectivity index (χ4n) is 5.14. The average Bonchev–Trinajstić information content (AvgIpc) is 3.18. The van der Waals surface area contributed by atoms with Crippen LogP contribution < -0.4 is 10.6 Å². The number of carbonyl (C=O) groups excluding carboxylic acids is 1. The predicted molar refractivity (Wildman–Crippen MR) is 102 cm³/mol. The number of aromatic nitrogens is 2. The highest BCUT2D eigenvalue weighted by molar-refractivity contribution is 5.77. The van der Waals surface area contributed by atoms with E-state index in [2.05, 4.69) is 19.8 Å². The van der Waals surface area contributed by atoms with Gasteiger partial charge in [-0.05, 0) is 55.6 Å². The highest BCUT2D eigenvalue weighted by Gasteiger charge is 2.41. The van der Waals surface area contributed by atoms with Crippen LogP contribution in [0.15, 0.2) is 22.7 Å². The second-order valence-electron chi connectivity index (χ2n) is 8.45. The first-order chi connectivity index (χ1) is 13.2. The summed E-state index contributed by atoms with van der Waals surface area (Å²) in [5.74, 6) is 1.65. The van der Waals surface area contributed by atoms with Gasteiger partial charge in [-0.1, -0.05) is 0 Å². The van der Waals surface area contributed by atoms with Crippen molar-refractivity contribution < 1.29 is 9.21 Å². The summed E-state index contributed by atoms with van der Waals surface area (Å²) >= 11 is 0. The minimum Gasteiger partial charge on any atom is -0.422 e. The Balaban J connectivity index is 1.23. The van der Waals surface area contributed by atoms with E-state index in [1.54, 1.807) is 6.20 Å². The van der Waals surface area contributed by atoms with Crippen molar-refractivity contribution in [1.82, 2.24) is 14.9 Å². The maximum atomic E-state index is 12.9. The lowest BCUT2D eigenvalue weighted by atomic mass is 9.91. The smallest absolute Gasteiger partial charge is 0.299 e. The topological polar surface area (TPSA) is 88.5 Å². The Morgan fingerprint density at radius 3 is 2.81 bits per heavy atom. The number of nitrogens with zero attached hydrogens (tertiary/aromatic N) is 4. The van der Waals surface area contributed by atoms with E-state index >= 15 is 0 Å². The first-order valence-corrected chi connectivity index (χ1v) is 10.2. The van der Waals surface area contributed by atoms with Crippen LogP contribution in [0.5, 0.6) is 0 Å². The molecule has 2 aromatic rings. The fraction of sp³-hybridized carbons (Fsp3) is 0.650. The van der Waals surface area contributed by atoms with Crippen LogP contribution in [-0.2, 0) is 4.79 Å². The van der Waals surface area contributed by atoms with Crippen LogP contribution in [0.4, 0.5) is 6.01 Å². The number of pyridine rings is 1. The van der Waals surface area contributed by atoms with Gasteiger partial charge in [0.2, 0.25) is 11.6 Å².